The van der Waals surface area contributed by atoms with Crippen LogP contribution in [0.1, 0.15) is 5.69 Å². The summed E-state index contributed by atoms with van der Waals surface area (Å²) in [5.74, 6) is -0.460. The average molecular weight is 189 g/mol. The highest BCUT2D eigenvalue weighted by atomic mass is 16.1. The predicted octanol–water partition coefficient (Wildman–Crippen LogP) is 0.305. The topological polar surface area (TPSA) is 65.8 Å². The maximum atomic E-state index is 11.1. The molecule has 1 N–H and O–H groups in total. The molecule has 0 saturated carbocycles. The zero-order chi connectivity index (χ0) is 10.4. The second-order valence-electron chi connectivity index (χ2n) is 2.84. The Morgan fingerprint density at radius 3 is 3.00 bits per heavy atom. The number of carbonyl (C=O) groups is 1. The Bertz CT molecular complexity index is 342. The molecule has 0 unspecified atom stereocenters. The maximum absolute atomic E-state index is 11.1. The van der Waals surface area contributed by atoms with Crippen molar-refractivity contribution in [1.82, 2.24) is 10.3 Å². The third-order valence-electron chi connectivity index (χ3n) is 1.91. The monoisotopic (exact) mass is 189 g/mol. The van der Waals surface area contributed by atoms with Crippen molar-refractivity contribution < 1.29 is 4.79 Å². The van der Waals surface area contributed by atoms with Crippen molar-refractivity contribution in [2.45, 2.75) is 12.5 Å². The maximum Gasteiger partial charge on any atom is 0.249 e. The van der Waals surface area contributed by atoms with Crippen LogP contribution in [0.5, 0.6) is 0 Å². The molecule has 0 fully saturated rings. The fourth-order valence-electron chi connectivity index (χ4n) is 1.13. The van der Waals surface area contributed by atoms with E-state index >= 15 is 0 Å². The first-order valence-corrected chi connectivity index (χ1v) is 4.29. The minimum Gasteiger partial charge on any atom is -0.309 e. The first-order chi connectivity index (χ1) is 6.77. The molecule has 1 heterocycles. The number of pyridine rings is 1. The van der Waals surface area contributed by atoms with Crippen LogP contribution < -0.4 is 5.32 Å². The first kappa shape index (κ1) is 10.4. The van der Waals surface area contributed by atoms with Gasteiger partial charge in [-0.05, 0) is 19.2 Å². The molecule has 0 radical (unpaired) electrons. The highest BCUT2D eigenvalue weighted by molar-refractivity contribution is 5.97. The van der Waals surface area contributed by atoms with Crippen LogP contribution >= 0.6 is 0 Å². The molecule has 0 aromatic carbocycles. The SMILES string of the molecule is CN[C@@H](Cc1ccccn1)C(=O)C#N. The molecular formula is C10H11N3O. The van der Waals surface area contributed by atoms with Gasteiger partial charge in [0.15, 0.2) is 0 Å². The molecule has 0 bridgehead atoms. The Kier molecular flexibility index (Phi) is 3.77. The first-order valence-electron chi connectivity index (χ1n) is 4.29. The summed E-state index contributed by atoms with van der Waals surface area (Å²) in [6.45, 7) is 0. The lowest BCUT2D eigenvalue weighted by Crippen LogP contribution is -2.35. The number of hydrogen-bond acceptors (Lipinski definition) is 4. The fraction of sp³-hybridized carbons (Fsp3) is 0.300. The lowest BCUT2D eigenvalue weighted by molar-refractivity contribution is -0.115. The second kappa shape index (κ2) is 5.10. The number of hydrogen-bond donors (Lipinski definition) is 1. The van der Waals surface area contributed by atoms with E-state index in [-0.39, 0.29) is 0 Å². The second-order valence-corrected chi connectivity index (χ2v) is 2.84. The summed E-state index contributed by atoms with van der Waals surface area (Å²) in [4.78, 5) is 15.2. The van der Waals surface area contributed by atoms with Gasteiger partial charge in [0.1, 0.15) is 6.07 Å². The molecule has 1 rings (SSSR count). The van der Waals surface area contributed by atoms with Crippen molar-refractivity contribution in [2.75, 3.05) is 7.05 Å². The minimum atomic E-state index is -0.463. The van der Waals surface area contributed by atoms with Crippen LogP contribution in [0.2, 0.25) is 0 Å². The number of aromatic nitrogens is 1. The zero-order valence-electron chi connectivity index (χ0n) is 7.90. The smallest absolute Gasteiger partial charge is 0.249 e. The molecule has 1 atom stereocenters. The van der Waals surface area contributed by atoms with E-state index in [2.05, 4.69) is 10.3 Å². The molecule has 1 aromatic heterocycles. The van der Waals surface area contributed by atoms with Crippen molar-refractivity contribution in [3.63, 3.8) is 0 Å². The number of nitrogens with zero attached hydrogens (tertiary/aromatic N) is 2. The van der Waals surface area contributed by atoms with Gasteiger partial charge in [-0.1, -0.05) is 6.07 Å². The quantitative estimate of drug-likeness (QED) is 0.692. The molecule has 0 aliphatic rings. The molecule has 1 aromatic rings. The van der Waals surface area contributed by atoms with E-state index in [0.29, 0.717) is 6.42 Å². The van der Waals surface area contributed by atoms with Gasteiger partial charge in [-0.25, -0.2) is 0 Å². The van der Waals surface area contributed by atoms with Gasteiger partial charge in [0.2, 0.25) is 5.78 Å². The van der Waals surface area contributed by atoms with E-state index in [1.165, 1.54) is 0 Å². The van der Waals surface area contributed by atoms with Crippen molar-refractivity contribution in [3.8, 4) is 6.07 Å². The van der Waals surface area contributed by atoms with Gasteiger partial charge in [-0.2, -0.15) is 5.26 Å². The third kappa shape index (κ3) is 2.64. The van der Waals surface area contributed by atoms with E-state index in [1.54, 1.807) is 19.3 Å². The van der Waals surface area contributed by atoms with Gasteiger partial charge in [-0.15, -0.1) is 0 Å². The molecule has 0 aliphatic carbocycles. The fourth-order valence-corrected chi connectivity index (χ4v) is 1.13. The van der Waals surface area contributed by atoms with Gasteiger partial charge in [0, 0.05) is 18.3 Å². The highest BCUT2D eigenvalue weighted by Crippen LogP contribution is 1.99. The lowest BCUT2D eigenvalue weighted by atomic mass is 10.1. The molecule has 4 heteroatoms. The molecule has 72 valence electrons. The number of carbonyl (C=O) groups excluding carboxylic acids is 1. The molecule has 4 nitrogen and oxygen atoms in total. The lowest BCUT2D eigenvalue weighted by Gasteiger charge is -2.09. The van der Waals surface area contributed by atoms with Crippen LogP contribution in [-0.4, -0.2) is 23.9 Å². The molecule has 0 spiro atoms. The summed E-state index contributed by atoms with van der Waals surface area (Å²) in [6.07, 6.45) is 2.11. The van der Waals surface area contributed by atoms with E-state index in [4.69, 9.17) is 5.26 Å². The van der Waals surface area contributed by atoms with Crippen LogP contribution in [0, 0.1) is 11.3 Å². The van der Waals surface area contributed by atoms with E-state index in [1.807, 2.05) is 18.2 Å². The summed E-state index contributed by atoms with van der Waals surface area (Å²) < 4.78 is 0. The van der Waals surface area contributed by atoms with E-state index < -0.39 is 11.8 Å². The minimum absolute atomic E-state index is 0.448. The van der Waals surface area contributed by atoms with Crippen LogP contribution in [0.3, 0.4) is 0 Å². The Morgan fingerprint density at radius 1 is 1.71 bits per heavy atom. The standard InChI is InChI=1S/C10H11N3O/c1-12-9(10(14)7-11)6-8-4-2-3-5-13-8/h2-5,9,12H,6H2,1H3/t9-/m0/s1. The molecule has 0 saturated heterocycles. The highest BCUT2D eigenvalue weighted by Gasteiger charge is 2.16. The number of nitriles is 1. The van der Waals surface area contributed by atoms with Crippen LogP contribution in [-0.2, 0) is 11.2 Å². The Morgan fingerprint density at radius 2 is 2.50 bits per heavy atom. The molecule has 0 aliphatic heterocycles. The Labute approximate surface area is 82.6 Å². The van der Waals surface area contributed by atoms with Crippen molar-refractivity contribution >= 4 is 5.78 Å². The summed E-state index contributed by atoms with van der Waals surface area (Å²) in [7, 11) is 1.66. The summed E-state index contributed by atoms with van der Waals surface area (Å²) in [5, 5.41) is 11.2. The predicted molar refractivity (Wildman–Crippen MR) is 51.4 cm³/mol. The number of nitrogens with one attached hydrogen (secondary N) is 1. The number of rotatable bonds is 4. The largest absolute Gasteiger partial charge is 0.309 e. The Balaban J connectivity index is 2.68. The van der Waals surface area contributed by atoms with Crippen LogP contribution in [0.25, 0.3) is 0 Å². The number of Topliss-reactive ketones (excluding diaryl/α,β-unsaturated/α-hetero) is 1. The van der Waals surface area contributed by atoms with Gasteiger partial charge >= 0.3 is 0 Å². The third-order valence-corrected chi connectivity index (χ3v) is 1.91. The van der Waals surface area contributed by atoms with E-state index in [0.717, 1.165) is 5.69 Å². The molecule has 0 amide bonds. The average Bonchev–Trinajstić information content (AvgIpc) is 2.26. The van der Waals surface area contributed by atoms with Gasteiger partial charge in [-0.3, -0.25) is 9.78 Å². The molecular weight excluding hydrogens is 178 g/mol. The zero-order valence-corrected chi connectivity index (χ0v) is 7.90. The van der Waals surface area contributed by atoms with Gasteiger partial charge in [0.05, 0.1) is 6.04 Å². The molecule has 14 heavy (non-hydrogen) atoms. The van der Waals surface area contributed by atoms with Crippen molar-refractivity contribution in [2.24, 2.45) is 0 Å². The Hall–Kier alpha value is -1.73. The normalized spacial score (nSPS) is 11.7. The van der Waals surface area contributed by atoms with Crippen LogP contribution in [0.4, 0.5) is 0 Å². The van der Waals surface area contributed by atoms with E-state index in [9.17, 15) is 4.79 Å². The summed E-state index contributed by atoms with van der Waals surface area (Å²) in [6, 6.07) is 6.63. The van der Waals surface area contributed by atoms with Crippen molar-refractivity contribution in [1.29, 1.82) is 5.26 Å². The van der Waals surface area contributed by atoms with Gasteiger partial charge < -0.3 is 5.32 Å². The van der Waals surface area contributed by atoms with Gasteiger partial charge in [0.25, 0.3) is 0 Å². The van der Waals surface area contributed by atoms with Crippen molar-refractivity contribution in [3.05, 3.63) is 30.1 Å². The number of likely N-dealkylation sites (N-methyl/N-ethyl adjacent to an activating group) is 1. The van der Waals surface area contributed by atoms with Crippen LogP contribution in [0.15, 0.2) is 24.4 Å². The summed E-state index contributed by atoms with van der Waals surface area (Å²) in [5.41, 5.74) is 0.801. The summed E-state index contributed by atoms with van der Waals surface area (Å²) >= 11 is 0. The number of ketones is 1.